The summed E-state index contributed by atoms with van der Waals surface area (Å²) < 4.78 is 93.6. The van der Waals surface area contributed by atoms with Crippen LogP contribution in [0.4, 0.5) is 30.7 Å². The average Bonchev–Trinajstić information content (AvgIpc) is 3.69. The van der Waals surface area contributed by atoms with E-state index in [0.29, 0.717) is 16.9 Å². The van der Waals surface area contributed by atoms with Crippen LogP contribution in [0.5, 0.6) is 0 Å². The Morgan fingerprint density at radius 1 is 1.07 bits per heavy atom. The summed E-state index contributed by atoms with van der Waals surface area (Å²) in [6.07, 6.45) is -4.57. The lowest BCUT2D eigenvalue weighted by Gasteiger charge is -2.33. The molecule has 238 valence electrons. The van der Waals surface area contributed by atoms with Gasteiger partial charge in [0.05, 0.1) is 41.8 Å². The monoisotopic (exact) mass is 628 g/mol. The molecule has 3 aromatic heterocycles. The fraction of sp³-hybridized carbons (Fsp3) is 0.552. The van der Waals surface area contributed by atoms with E-state index in [1.807, 2.05) is 0 Å². The summed E-state index contributed by atoms with van der Waals surface area (Å²) in [5.74, 6) is -5.70. The van der Waals surface area contributed by atoms with Gasteiger partial charge in [-0.3, -0.25) is 14.6 Å². The van der Waals surface area contributed by atoms with Gasteiger partial charge in [0.15, 0.2) is 5.65 Å². The van der Waals surface area contributed by atoms with E-state index < -0.39 is 80.3 Å². The summed E-state index contributed by atoms with van der Waals surface area (Å²) in [4.78, 5) is 33.8. The lowest BCUT2D eigenvalue weighted by Crippen LogP contribution is -2.30. The Hall–Kier alpha value is -3.78. The standard InChI is InChI=1S/C29H31F7N6O2/c30-21(31)10-15-9-19(27(37)44)26(38-12-15)24(16-3-6-28(32,33)7-4-16)20-14-42-22(40-20)11-18(13-39-42)25(17-1-2-17)41-23(43)5-8-29(34,35)36/h9,11-14,16-17,21,24-25H,1-8,10H2,(H2,37,44)(H,41,43)/t24-,25-/m1/s1. The van der Waals surface area contributed by atoms with E-state index in [0.717, 1.165) is 12.8 Å². The van der Waals surface area contributed by atoms with E-state index in [2.05, 4.69) is 20.4 Å². The molecule has 0 radical (unpaired) electrons. The van der Waals surface area contributed by atoms with Crippen LogP contribution < -0.4 is 11.1 Å². The number of hydrogen-bond donors (Lipinski definition) is 2. The molecule has 2 saturated carbocycles. The van der Waals surface area contributed by atoms with Crippen LogP contribution in [-0.4, -0.2) is 49.9 Å². The molecule has 0 unspecified atom stereocenters. The van der Waals surface area contributed by atoms with Crippen molar-refractivity contribution in [3.63, 3.8) is 0 Å². The van der Waals surface area contributed by atoms with Crippen LogP contribution in [0.2, 0.25) is 0 Å². The number of carbonyl (C=O) groups excluding carboxylic acids is 2. The Bertz CT molecular complexity index is 1510. The minimum Gasteiger partial charge on any atom is -0.366 e. The lowest BCUT2D eigenvalue weighted by atomic mass is 9.75. The molecule has 2 aliphatic rings. The number of halogens is 7. The highest BCUT2D eigenvalue weighted by molar-refractivity contribution is 5.94. The van der Waals surface area contributed by atoms with Crippen LogP contribution in [0, 0.1) is 11.8 Å². The van der Waals surface area contributed by atoms with Crippen LogP contribution in [0.3, 0.4) is 0 Å². The topological polar surface area (TPSA) is 115 Å². The molecule has 5 rings (SSSR count). The molecule has 2 atom stereocenters. The first kappa shape index (κ1) is 31.6. The molecule has 0 saturated heterocycles. The molecule has 0 aliphatic heterocycles. The van der Waals surface area contributed by atoms with Gasteiger partial charge in [0, 0.05) is 37.8 Å². The zero-order chi connectivity index (χ0) is 31.8. The SMILES string of the molecule is NC(=O)c1cc(CC(F)F)cnc1[C@@H](c1cn2ncc([C@H](NC(=O)CCC(F)(F)F)C3CC3)cc2n1)C1CCC(F)(F)CC1. The molecular formula is C29H31F7N6O2. The van der Waals surface area contributed by atoms with Gasteiger partial charge in [-0.15, -0.1) is 0 Å². The summed E-state index contributed by atoms with van der Waals surface area (Å²) >= 11 is 0. The van der Waals surface area contributed by atoms with E-state index in [1.54, 1.807) is 12.3 Å². The minimum absolute atomic E-state index is 0.0225. The molecule has 3 aromatic rings. The van der Waals surface area contributed by atoms with Gasteiger partial charge in [-0.2, -0.15) is 18.3 Å². The van der Waals surface area contributed by atoms with Crippen molar-refractivity contribution in [1.29, 1.82) is 0 Å². The fourth-order valence-corrected chi connectivity index (χ4v) is 5.89. The molecule has 0 spiro atoms. The Kier molecular flexibility index (Phi) is 8.85. The van der Waals surface area contributed by atoms with Crippen molar-refractivity contribution >= 4 is 17.5 Å². The van der Waals surface area contributed by atoms with Gasteiger partial charge >= 0.3 is 6.18 Å². The van der Waals surface area contributed by atoms with Gasteiger partial charge in [-0.1, -0.05) is 0 Å². The van der Waals surface area contributed by atoms with Crippen LogP contribution in [0.25, 0.3) is 5.65 Å². The van der Waals surface area contributed by atoms with Gasteiger partial charge in [-0.05, 0) is 60.8 Å². The van der Waals surface area contributed by atoms with E-state index in [1.165, 1.54) is 23.0 Å². The normalized spacial score (nSPS) is 18.8. The third-order valence-corrected chi connectivity index (χ3v) is 8.24. The number of aromatic nitrogens is 4. The fourth-order valence-electron chi connectivity index (χ4n) is 5.89. The molecule has 2 fully saturated rings. The molecule has 3 N–H and O–H groups in total. The summed E-state index contributed by atoms with van der Waals surface area (Å²) in [5.41, 5.74) is 6.96. The third kappa shape index (κ3) is 7.65. The van der Waals surface area contributed by atoms with E-state index in [4.69, 9.17) is 5.73 Å². The number of alkyl halides is 7. The second-order valence-electron chi connectivity index (χ2n) is 11.7. The summed E-state index contributed by atoms with van der Waals surface area (Å²) in [5, 5.41) is 7.07. The number of pyridine rings is 1. The highest BCUT2D eigenvalue weighted by Crippen LogP contribution is 2.45. The number of primary amides is 1. The smallest absolute Gasteiger partial charge is 0.366 e. The Labute approximate surface area is 247 Å². The molecule has 2 amide bonds. The number of fused-ring (bicyclic) bond motifs is 1. The van der Waals surface area contributed by atoms with Crippen molar-refractivity contribution < 1.29 is 40.3 Å². The molecule has 0 aromatic carbocycles. The van der Waals surface area contributed by atoms with Crippen molar-refractivity contribution in [2.45, 2.75) is 88.3 Å². The number of nitrogens with two attached hydrogens (primary N) is 1. The van der Waals surface area contributed by atoms with E-state index in [9.17, 15) is 40.3 Å². The maximum Gasteiger partial charge on any atom is 0.389 e. The highest BCUT2D eigenvalue weighted by atomic mass is 19.4. The predicted octanol–water partition coefficient (Wildman–Crippen LogP) is 5.90. The zero-order valence-corrected chi connectivity index (χ0v) is 23.5. The number of rotatable bonds is 11. The summed E-state index contributed by atoms with van der Waals surface area (Å²) in [7, 11) is 0. The lowest BCUT2D eigenvalue weighted by molar-refractivity contribution is -0.144. The van der Waals surface area contributed by atoms with Gasteiger partial charge in [0.2, 0.25) is 18.3 Å². The van der Waals surface area contributed by atoms with E-state index >= 15 is 0 Å². The number of amides is 2. The second kappa shape index (κ2) is 12.3. The molecule has 44 heavy (non-hydrogen) atoms. The molecule has 2 aliphatic carbocycles. The third-order valence-electron chi connectivity index (χ3n) is 8.24. The van der Waals surface area contributed by atoms with Gasteiger partial charge < -0.3 is 11.1 Å². The minimum atomic E-state index is -4.46. The van der Waals surface area contributed by atoms with Crippen molar-refractivity contribution in [2.75, 3.05) is 0 Å². The maximum atomic E-state index is 14.1. The van der Waals surface area contributed by atoms with Crippen LogP contribution in [-0.2, 0) is 11.2 Å². The van der Waals surface area contributed by atoms with Crippen molar-refractivity contribution in [1.82, 2.24) is 24.9 Å². The van der Waals surface area contributed by atoms with Gasteiger partial charge in [0.25, 0.3) is 5.91 Å². The first-order chi connectivity index (χ1) is 20.7. The predicted molar refractivity (Wildman–Crippen MR) is 143 cm³/mol. The molecule has 3 heterocycles. The van der Waals surface area contributed by atoms with Crippen LogP contribution in [0.15, 0.2) is 30.7 Å². The zero-order valence-electron chi connectivity index (χ0n) is 23.5. The molecular weight excluding hydrogens is 597 g/mol. The average molecular weight is 629 g/mol. The van der Waals surface area contributed by atoms with Crippen molar-refractivity contribution in [3.8, 4) is 0 Å². The number of hydrogen-bond acceptors (Lipinski definition) is 5. The largest absolute Gasteiger partial charge is 0.389 e. The number of imidazole rings is 1. The maximum absolute atomic E-state index is 14.1. The Morgan fingerprint density at radius 2 is 1.77 bits per heavy atom. The first-order valence-electron chi connectivity index (χ1n) is 14.3. The number of nitrogens with one attached hydrogen (secondary N) is 1. The quantitative estimate of drug-likeness (QED) is 0.257. The summed E-state index contributed by atoms with van der Waals surface area (Å²) in [6, 6.07) is 2.31. The van der Waals surface area contributed by atoms with E-state index in [-0.39, 0.29) is 35.6 Å². The number of carbonyl (C=O) groups is 2. The molecule has 15 heteroatoms. The highest BCUT2D eigenvalue weighted by Gasteiger charge is 2.41. The Morgan fingerprint density at radius 3 is 2.39 bits per heavy atom. The van der Waals surface area contributed by atoms with Crippen LogP contribution in [0.1, 0.15) is 96.2 Å². The first-order valence-corrected chi connectivity index (χ1v) is 14.3. The van der Waals surface area contributed by atoms with Crippen LogP contribution >= 0.6 is 0 Å². The van der Waals surface area contributed by atoms with Crippen molar-refractivity contribution in [2.24, 2.45) is 17.6 Å². The second-order valence-corrected chi connectivity index (χ2v) is 11.7. The number of nitrogens with zero attached hydrogens (tertiary/aromatic N) is 4. The summed E-state index contributed by atoms with van der Waals surface area (Å²) in [6.45, 7) is 0. The van der Waals surface area contributed by atoms with Crippen molar-refractivity contribution in [3.05, 3.63) is 58.8 Å². The van der Waals surface area contributed by atoms with Gasteiger partial charge in [0.1, 0.15) is 0 Å². The van der Waals surface area contributed by atoms with Gasteiger partial charge in [-0.25, -0.2) is 27.1 Å². The Balaban J connectivity index is 1.50. The molecule has 8 nitrogen and oxygen atoms in total. The molecule has 0 bridgehead atoms.